The minimum absolute atomic E-state index is 0.0135. The first kappa shape index (κ1) is 16.1. The van der Waals surface area contributed by atoms with E-state index in [0.29, 0.717) is 5.92 Å². The number of hydrogen-bond acceptors (Lipinski definition) is 2. The summed E-state index contributed by atoms with van der Waals surface area (Å²) in [6.07, 6.45) is 0. The molecule has 24 heavy (non-hydrogen) atoms. The number of ether oxygens (including phenoxy) is 1. The van der Waals surface area contributed by atoms with Crippen LogP contribution in [-0.4, -0.2) is 12.5 Å². The van der Waals surface area contributed by atoms with Crippen molar-refractivity contribution in [2.45, 2.75) is 19.8 Å². The zero-order chi connectivity index (χ0) is 16.9. The normalized spacial score (nSPS) is 10.8. The van der Waals surface area contributed by atoms with Gasteiger partial charge in [-0.1, -0.05) is 68.4 Å². The lowest BCUT2D eigenvalue weighted by Crippen LogP contribution is -2.21. The predicted molar refractivity (Wildman–Crippen MR) is 98.6 cm³/mol. The molecule has 0 aromatic heterocycles. The Morgan fingerprint density at radius 3 is 2.50 bits per heavy atom. The lowest BCUT2D eigenvalue weighted by atomic mass is 10.0. The van der Waals surface area contributed by atoms with E-state index in [1.807, 2.05) is 66.7 Å². The van der Waals surface area contributed by atoms with Crippen molar-refractivity contribution in [2.75, 3.05) is 11.9 Å². The van der Waals surface area contributed by atoms with Gasteiger partial charge < -0.3 is 10.1 Å². The molecule has 0 spiro atoms. The van der Waals surface area contributed by atoms with Gasteiger partial charge in [-0.2, -0.15) is 0 Å². The van der Waals surface area contributed by atoms with Crippen molar-refractivity contribution in [1.29, 1.82) is 0 Å². The minimum Gasteiger partial charge on any atom is -0.483 e. The molecule has 1 N–H and O–H groups in total. The molecule has 3 heteroatoms. The number of hydrogen-bond donors (Lipinski definition) is 1. The van der Waals surface area contributed by atoms with E-state index in [9.17, 15) is 4.79 Å². The first-order valence-electron chi connectivity index (χ1n) is 8.14. The quantitative estimate of drug-likeness (QED) is 0.720. The fourth-order valence-electron chi connectivity index (χ4n) is 2.77. The Balaban J connectivity index is 1.70. The number of fused-ring (bicyclic) bond motifs is 1. The molecule has 0 saturated heterocycles. The summed E-state index contributed by atoms with van der Waals surface area (Å²) in [6, 6.07) is 21.7. The molecule has 0 unspecified atom stereocenters. The molecule has 1 amide bonds. The number of nitrogens with one attached hydrogen (secondary N) is 1. The highest BCUT2D eigenvalue weighted by atomic mass is 16.5. The second-order valence-corrected chi connectivity index (χ2v) is 6.06. The summed E-state index contributed by atoms with van der Waals surface area (Å²) < 4.78 is 5.74. The van der Waals surface area contributed by atoms with E-state index in [4.69, 9.17) is 4.74 Å². The van der Waals surface area contributed by atoms with Crippen molar-refractivity contribution in [1.82, 2.24) is 0 Å². The van der Waals surface area contributed by atoms with Crippen LogP contribution in [0.15, 0.2) is 66.7 Å². The van der Waals surface area contributed by atoms with Gasteiger partial charge in [0.15, 0.2) is 6.61 Å². The van der Waals surface area contributed by atoms with Gasteiger partial charge in [0.25, 0.3) is 5.91 Å². The molecule has 0 aliphatic carbocycles. The Morgan fingerprint density at radius 2 is 1.67 bits per heavy atom. The van der Waals surface area contributed by atoms with Crippen LogP contribution in [0.1, 0.15) is 25.3 Å². The molecule has 0 bridgehead atoms. The average Bonchev–Trinajstić information content (AvgIpc) is 2.60. The van der Waals surface area contributed by atoms with Gasteiger partial charge >= 0.3 is 0 Å². The summed E-state index contributed by atoms with van der Waals surface area (Å²) in [5.41, 5.74) is 1.97. The molecule has 0 aliphatic heterocycles. The number of amides is 1. The van der Waals surface area contributed by atoms with Crippen molar-refractivity contribution in [3.8, 4) is 5.75 Å². The van der Waals surface area contributed by atoms with Crippen molar-refractivity contribution in [3.05, 3.63) is 72.3 Å². The maximum absolute atomic E-state index is 12.3. The highest BCUT2D eigenvalue weighted by Crippen LogP contribution is 2.26. The van der Waals surface area contributed by atoms with Gasteiger partial charge in [0, 0.05) is 11.1 Å². The summed E-state index contributed by atoms with van der Waals surface area (Å²) in [5.74, 6) is 0.914. The Kier molecular flexibility index (Phi) is 4.80. The molecule has 3 aromatic rings. The lowest BCUT2D eigenvalue weighted by molar-refractivity contribution is -0.118. The van der Waals surface area contributed by atoms with E-state index in [-0.39, 0.29) is 12.5 Å². The second kappa shape index (κ2) is 7.18. The highest BCUT2D eigenvalue weighted by Gasteiger charge is 2.10. The first-order chi connectivity index (χ1) is 11.6. The molecule has 3 aromatic carbocycles. The number of benzene rings is 3. The third-order valence-electron chi connectivity index (χ3n) is 3.97. The first-order valence-corrected chi connectivity index (χ1v) is 8.14. The molecule has 3 rings (SSSR count). The molecular formula is C21H21NO2. The zero-order valence-corrected chi connectivity index (χ0v) is 14.0. The van der Waals surface area contributed by atoms with Crippen molar-refractivity contribution in [2.24, 2.45) is 0 Å². The molecule has 122 valence electrons. The maximum atomic E-state index is 12.3. The van der Waals surface area contributed by atoms with Crippen LogP contribution in [0.25, 0.3) is 10.8 Å². The fourth-order valence-corrected chi connectivity index (χ4v) is 2.77. The Morgan fingerprint density at radius 1 is 0.958 bits per heavy atom. The Labute approximate surface area is 142 Å². The number of anilines is 1. The number of para-hydroxylation sites is 1. The third kappa shape index (κ3) is 3.57. The lowest BCUT2D eigenvalue weighted by Gasteiger charge is -2.14. The third-order valence-corrected chi connectivity index (χ3v) is 3.97. The molecule has 3 nitrogen and oxygen atoms in total. The topological polar surface area (TPSA) is 38.3 Å². The Hall–Kier alpha value is -2.81. The van der Waals surface area contributed by atoms with Gasteiger partial charge in [-0.15, -0.1) is 0 Å². The smallest absolute Gasteiger partial charge is 0.262 e. The molecule has 0 atom stereocenters. The van der Waals surface area contributed by atoms with Gasteiger partial charge in [-0.05, 0) is 29.0 Å². The standard InChI is InChI=1S/C21H21NO2/c1-15(2)17-10-5-6-12-19(17)22-21(23)14-24-20-13-7-9-16-8-3-4-11-18(16)20/h3-13,15H,14H2,1-2H3,(H,22,23). The largest absolute Gasteiger partial charge is 0.483 e. The zero-order valence-electron chi connectivity index (χ0n) is 14.0. The maximum Gasteiger partial charge on any atom is 0.262 e. The van der Waals surface area contributed by atoms with Crippen LogP contribution >= 0.6 is 0 Å². The fraction of sp³-hybridized carbons (Fsp3) is 0.190. The average molecular weight is 319 g/mol. The molecule has 0 fully saturated rings. The van der Waals surface area contributed by atoms with Crippen molar-refractivity contribution < 1.29 is 9.53 Å². The van der Waals surface area contributed by atoms with E-state index in [1.54, 1.807) is 0 Å². The summed E-state index contributed by atoms with van der Waals surface area (Å²) >= 11 is 0. The minimum atomic E-state index is -0.156. The monoisotopic (exact) mass is 319 g/mol. The number of carbonyl (C=O) groups is 1. The van der Waals surface area contributed by atoms with Gasteiger partial charge in [-0.3, -0.25) is 4.79 Å². The predicted octanol–water partition coefficient (Wildman–Crippen LogP) is 4.98. The molecular weight excluding hydrogens is 298 g/mol. The molecule has 0 saturated carbocycles. The molecule has 0 aliphatic rings. The summed E-state index contributed by atoms with van der Waals surface area (Å²) in [5, 5.41) is 5.05. The van der Waals surface area contributed by atoms with E-state index in [1.165, 1.54) is 0 Å². The number of carbonyl (C=O) groups excluding carboxylic acids is 1. The SMILES string of the molecule is CC(C)c1ccccc1NC(=O)COc1cccc2ccccc12. The summed E-state index contributed by atoms with van der Waals surface area (Å²) in [6.45, 7) is 4.20. The van der Waals surface area contributed by atoms with Crippen LogP contribution in [0.2, 0.25) is 0 Å². The van der Waals surface area contributed by atoms with Gasteiger partial charge in [-0.25, -0.2) is 0 Å². The Bertz CT molecular complexity index is 850. The van der Waals surface area contributed by atoms with E-state index in [0.717, 1.165) is 27.8 Å². The van der Waals surface area contributed by atoms with Crippen molar-refractivity contribution in [3.63, 3.8) is 0 Å². The number of rotatable bonds is 5. The molecule has 0 heterocycles. The van der Waals surface area contributed by atoms with Gasteiger partial charge in [0.1, 0.15) is 5.75 Å². The second-order valence-electron chi connectivity index (χ2n) is 6.06. The van der Waals surface area contributed by atoms with Crippen LogP contribution in [0.4, 0.5) is 5.69 Å². The van der Waals surface area contributed by atoms with E-state index in [2.05, 4.69) is 19.2 Å². The molecule has 0 radical (unpaired) electrons. The summed E-state index contributed by atoms with van der Waals surface area (Å²) in [4.78, 5) is 12.3. The van der Waals surface area contributed by atoms with Crippen LogP contribution in [0.3, 0.4) is 0 Å². The van der Waals surface area contributed by atoms with Crippen LogP contribution < -0.4 is 10.1 Å². The summed E-state index contributed by atoms with van der Waals surface area (Å²) in [7, 11) is 0. The van der Waals surface area contributed by atoms with Crippen molar-refractivity contribution >= 4 is 22.4 Å². The van der Waals surface area contributed by atoms with E-state index < -0.39 is 0 Å². The van der Waals surface area contributed by atoms with Crippen LogP contribution in [0.5, 0.6) is 5.75 Å². The van der Waals surface area contributed by atoms with Crippen LogP contribution in [-0.2, 0) is 4.79 Å². The van der Waals surface area contributed by atoms with Crippen LogP contribution in [0, 0.1) is 0 Å². The highest BCUT2D eigenvalue weighted by molar-refractivity contribution is 5.93. The van der Waals surface area contributed by atoms with E-state index >= 15 is 0 Å². The van der Waals surface area contributed by atoms with Gasteiger partial charge in [0.05, 0.1) is 0 Å². The van der Waals surface area contributed by atoms with Gasteiger partial charge in [0.2, 0.25) is 0 Å².